The van der Waals surface area contributed by atoms with Gasteiger partial charge in [0.05, 0.1) is 12.1 Å². The third-order valence-electron chi connectivity index (χ3n) is 4.75. The summed E-state index contributed by atoms with van der Waals surface area (Å²) in [5, 5.41) is 5.20. The molecule has 0 aliphatic rings. The average Bonchev–Trinajstić information content (AvgIpc) is 3.17. The van der Waals surface area contributed by atoms with Crippen LogP contribution in [0.5, 0.6) is 5.88 Å². The highest BCUT2D eigenvalue weighted by atomic mass is 35.5. The summed E-state index contributed by atoms with van der Waals surface area (Å²) in [4.78, 5) is 13.6. The van der Waals surface area contributed by atoms with Gasteiger partial charge in [0.25, 0.3) is 0 Å². The smallest absolute Gasteiger partial charge is 0.218 e. The lowest BCUT2D eigenvalue weighted by Gasteiger charge is -2.14. The number of fused-ring (bicyclic) bond motifs is 1. The molecule has 0 spiro atoms. The van der Waals surface area contributed by atoms with Crippen LogP contribution in [0.15, 0.2) is 59.6 Å². The van der Waals surface area contributed by atoms with E-state index in [0.717, 1.165) is 33.5 Å². The molecule has 0 radical (unpaired) electrons. The first-order valence-corrected chi connectivity index (χ1v) is 11.3. The third-order valence-corrected chi connectivity index (χ3v) is 5.84. The topological polar surface area (TPSA) is 62.8 Å². The SMILES string of the molecule is CSc1ccc2cc(CNCc3ncc(C)[nH]3)c(OCc3ccccc3Cl)nc2c1. The fourth-order valence-corrected chi connectivity index (χ4v) is 3.81. The summed E-state index contributed by atoms with van der Waals surface area (Å²) >= 11 is 7.99. The van der Waals surface area contributed by atoms with Crippen LogP contribution in [-0.2, 0) is 19.7 Å². The van der Waals surface area contributed by atoms with Gasteiger partial charge in [-0.25, -0.2) is 9.97 Å². The lowest BCUT2D eigenvalue weighted by atomic mass is 10.1. The number of hydrogen-bond acceptors (Lipinski definition) is 5. The highest BCUT2D eigenvalue weighted by molar-refractivity contribution is 7.98. The summed E-state index contributed by atoms with van der Waals surface area (Å²) in [7, 11) is 0. The minimum atomic E-state index is 0.366. The van der Waals surface area contributed by atoms with Crippen LogP contribution in [0, 0.1) is 6.92 Å². The number of aromatic amines is 1. The zero-order valence-corrected chi connectivity index (χ0v) is 18.5. The molecular formula is C23H23ClN4OS. The van der Waals surface area contributed by atoms with E-state index in [1.807, 2.05) is 37.4 Å². The number of H-pyrrole nitrogens is 1. The maximum Gasteiger partial charge on any atom is 0.218 e. The molecule has 154 valence electrons. The van der Waals surface area contributed by atoms with Crippen LogP contribution < -0.4 is 10.1 Å². The number of hydrogen-bond donors (Lipinski definition) is 2. The van der Waals surface area contributed by atoms with Crippen molar-refractivity contribution in [3.8, 4) is 5.88 Å². The molecule has 2 N–H and O–H groups in total. The molecule has 0 fully saturated rings. The molecule has 7 heteroatoms. The molecule has 0 saturated carbocycles. The summed E-state index contributed by atoms with van der Waals surface area (Å²) in [6.07, 6.45) is 3.89. The van der Waals surface area contributed by atoms with Crippen molar-refractivity contribution in [2.24, 2.45) is 0 Å². The van der Waals surface area contributed by atoms with E-state index in [2.05, 4.69) is 45.8 Å². The molecule has 0 bridgehead atoms. The zero-order chi connectivity index (χ0) is 20.9. The number of imidazole rings is 1. The van der Waals surface area contributed by atoms with Crippen LogP contribution >= 0.6 is 23.4 Å². The van der Waals surface area contributed by atoms with E-state index in [-0.39, 0.29) is 0 Å². The Bertz CT molecular complexity index is 1160. The van der Waals surface area contributed by atoms with Crippen molar-refractivity contribution in [3.63, 3.8) is 0 Å². The van der Waals surface area contributed by atoms with E-state index in [0.29, 0.717) is 30.6 Å². The van der Waals surface area contributed by atoms with Crippen LogP contribution in [0.4, 0.5) is 0 Å². The monoisotopic (exact) mass is 438 g/mol. The Morgan fingerprint density at radius 1 is 1.10 bits per heavy atom. The van der Waals surface area contributed by atoms with E-state index < -0.39 is 0 Å². The van der Waals surface area contributed by atoms with Crippen LogP contribution in [0.3, 0.4) is 0 Å². The van der Waals surface area contributed by atoms with Crippen molar-refractivity contribution in [2.45, 2.75) is 31.5 Å². The maximum absolute atomic E-state index is 6.29. The van der Waals surface area contributed by atoms with Crippen LogP contribution in [0.2, 0.25) is 5.02 Å². The second kappa shape index (κ2) is 9.51. The Morgan fingerprint density at radius 2 is 1.97 bits per heavy atom. The average molecular weight is 439 g/mol. The van der Waals surface area contributed by atoms with E-state index in [4.69, 9.17) is 21.3 Å². The van der Waals surface area contributed by atoms with E-state index in [1.54, 1.807) is 11.8 Å². The number of nitrogens with one attached hydrogen (secondary N) is 2. The second-order valence-electron chi connectivity index (χ2n) is 7.01. The van der Waals surface area contributed by atoms with E-state index in [9.17, 15) is 0 Å². The van der Waals surface area contributed by atoms with Crippen molar-refractivity contribution in [2.75, 3.05) is 6.26 Å². The quantitative estimate of drug-likeness (QED) is 0.355. The molecule has 5 nitrogen and oxygen atoms in total. The van der Waals surface area contributed by atoms with Gasteiger partial charge in [0.1, 0.15) is 12.4 Å². The number of aromatic nitrogens is 3. The lowest BCUT2D eigenvalue weighted by molar-refractivity contribution is 0.291. The van der Waals surface area contributed by atoms with E-state index >= 15 is 0 Å². The molecule has 4 aromatic rings. The van der Waals surface area contributed by atoms with Crippen LogP contribution in [0.25, 0.3) is 10.9 Å². The first-order chi connectivity index (χ1) is 14.6. The van der Waals surface area contributed by atoms with Crippen molar-refractivity contribution in [1.82, 2.24) is 20.3 Å². The molecule has 2 aromatic carbocycles. The summed E-state index contributed by atoms with van der Waals surface area (Å²) < 4.78 is 6.13. The first kappa shape index (κ1) is 20.7. The standard InChI is InChI=1S/C23H23ClN4OS/c1-15-11-26-22(27-15)13-25-12-18-9-16-7-8-19(30-2)10-21(16)28-23(18)29-14-17-5-3-4-6-20(17)24/h3-11,25H,12-14H2,1-2H3,(H,26,27). The van der Waals surface area contributed by atoms with E-state index in [1.165, 1.54) is 4.90 Å². The fraction of sp³-hybridized carbons (Fsp3) is 0.217. The Hall–Kier alpha value is -2.54. The highest BCUT2D eigenvalue weighted by Crippen LogP contribution is 2.27. The second-order valence-corrected chi connectivity index (χ2v) is 8.29. The largest absolute Gasteiger partial charge is 0.472 e. The van der Waals surface area contributed by atoms with Crippen molar-refractivity contribution in [1.29, 1.82) is 0 Å². The third kappa shape index (κ3) is 4.95. The summed E-state index contributed by atoms with van der Waals surface area (Å²) in [6, 6.07) is 16.1. The van der Waals surface area contributed by atoms with Gasteiger partial charge in [-0.1, -0.05) is 35.9 Å². The van der Waals surface area contributed by atoms with Gasteiger partial charge in [-0.3, -0.25) is 0 Å². The summed E-state index contributed by atoms with van der Waals surface area (Å²) in [5.74, 6) is 1.52. The van der Waals surface area contributed by atoms with Gasteiger partial charge in [-0.2, -0.15) is 0 Å². The van der Waals surface area contributed by atoms with Gasteiger partial charge in [0.15, 0.2) is 0 Å². The van der Waals surface area contributed by atoms with Crippen molar-refractivity contribution in [3.05, 3.63) is 82.4 Å². The lowest BCUT2D eigenvalue weighted by Crippen LogP contribution is -2.15. The Morgan fingerprint density at radius 3 is 2.73 bits per heavy atom. The number of aryl methyl sites for hydroxylation is 1. The Kier molecular flexibility index (Phi) is 6.57. The number of halogens is 1. The molecule has 2 aromatic heterocycles. The normalized spacial score (nSPS) is 11.2. The zero-order valence-electron chi connectivity index (χ0n) is 16.9. The van der Waals surface area contributed by atoms with Gasteiger partial charge in [0.2, 0.25) is 5.88 Å². The maximum atomic E-state index is 6.29. The van der Waals surface area contributed by atoms with Gasteiger partial charge in [0, 0.05) is 44.9 Å². The summed E-state index contributed by atoms with van der Waals surface area (Å²) in [5.41, 5.74) is 3.90. The highest BCUT2D eigenvalue weighted by Gasteiger charge is 2.11. The van der Waals surface area contributed by atoms with Crippen molar-refractivity contribution >= 4 is 34.3 Å². The van der Waals surface area contributed by atoms with Crippen LogP contribution in [-0.4, -0.2) is 21.2 Å². The number of benzene rings is 2. The molecule has 0 saturated heterocycles. The molecule has 0 amide bonds. The molecular weight excluding hydrogens is 416 g/mol. The predicted octanol–water partition coefficient (Wildman–Crippen LogP) is 5.51. The molecule has 0 aliphatic heterocycles. The minimum Gasteiger partial charge on any atom is -0.472 e. The molecule has 30 heavy (non-hydrogen) atoms. The molecule has 2 heterocycles. The van der Waals surface area contributed by atoms with Gasteiger partial charge in [-0.15, -0.1) is 11.8 Å². The Labute approximate surface area is 185 Å². The first-order valence-electron chi connectivity index (χ1n) is 9.67. The summed E-state index contributed by atoms with van der Waals surface area (Å²) in [6.45, 7) is 3.62. The van der Waals surface area contributed by atoms with Crippen molar-refractivity contribution < 1.29 is 4.74 Å². The number of thioether (sulfide) groups is 1. The molecule has 4 rings (SSSR count). The molecule has 0 unspecified atom stereocenters. The van der Waals surface area contributed by atoms with Gasteiger partial charge < -0.3 is 15.0 Å². The minimum absolute atomic E-state index is 0.366. The van der Waals surface area contributed by atoms with Gasteiger partial charge in [-0.05, 0) is 37.4 Å². The Balaban J connectivity index is 1.58. The predicted molar refractivity (Wildman–Crippen MR) is 123 cm³/mol. The molecule has 0 aliphatic carbocycles. The number of nitrogens with zero attached hydrogens (tertiary/aromatic N) is 2. The number of rotatable bonds is 8. The van der Waals surface area contributed by atoms with Gasteiger partial charge >= 0.3 is 0 Å². The number of pyridine rings is 1. The fourth-order valence-electron chi connectivity index (χ4n) is 3.19. The number of ether oxygens (including phenoxy) is 1. The molecule has 0 atom stereocenters. The van der Waals surface area contributed by atoms with Crippen LogP contribution in [0.1, 0.15) is 22.6 Å².